The van der Waals surface area contributed by atoms with Gasteiger partial charge in [-0.25, -0.2) is 0 Å². The highest BCUT2D eigenvalue weighted by Gasteiger charge is 2.30. The molecule has 2 atom stereocenters. The van der Waals surface area contributed by atoms with Crippen LogP contribution in [0.1, 0.15) is 32.6 Å². The van der Waals surface area contributed by atoms with Crippen molar-refractivity contribution < 1.29 is 4.74 Å². The Morgan fingerprint density at radius 2 is 2.00 bits per heavy atom. The summed E-state index contributed by atoms with van der Waals surface area (Å²) >= 11 is 0. The van der Waals surface area contributed by atoms with E-state index in [2.05, 4.69) is 11.8 Å². The molecule has 0 amide bonds. The van der Waals surface area contributed by atoms with Gasteiger partial charge in [0.1, 0.15) is 0 Å². The lowest BCUT2D eigenvalue weighted by Crippen LogP contribution is -2.51. The molecule has 0 radical (unpaired) electrons. The molecular weight excluding hydrogens is 188 g/mol. The van der Waals surface area contributed by atoms with Gasteiger partial charge in [-0.2, -0.15) is 0 Å². The first-order valence-electron chi connectivity index (χ1n) is 6.38. The van der Waals surface area contributed by atoms with Crippen LogP contribution in [0.25, 0.3) is 0 Å². The van der Waals surface area contributed by atoms with E-state index in [-0.39, 0.29) is 0 Å². The lowest BCUT2D eigenvalue weighted by atomic mass is 9.89. The molecule has 3 heteroatoms. The maximum absolute atomic E-state index is 6.13. The van der Waals surface area contributed by atoms with Crippen LogP contribution in [0.4, 0.5) is 0 Å². The fourth-order valence-electron chi connectivity index (χ4n) is 2.89. The van der Waals surface area contributed by atoms with Gasteiger partial charge in [0, 0.05) is 31.8 Å². The largest absolute Gasteiger partial charge is 0.381 e. The Balaban J connectivity index is 1.87. The van der Waals surface area contributed by atoms with Gasteiger partial charge in [-0.05, 0) is 31.7 Å². The monoisotopic (exact) mass is 212 g/mol. The zero-order valence-electron chi connectivity index (χ0n) is 9.82. The first kappa shape index (κ1) is 11.4. The quantitative estimate of drug-likeness (QED) is 0.748. The number of nitrogens with zero attached hydrogens (tertiary/aromatic N) is 1. The van der Waals surface area contributed by atoms with Crippen LogP contribution in [0.5, 0.6) is 0 Å². The summed E-state index contributed by atoms with van der Waals surface area (Å²) in [6, 6.07) is 1.20. The van der Waals surface area contributed by atoms with Gasteiger partial charge in [0.05, 0.1) is 0 Å². The van der Waals surface area contributed by atoms with Gasteiger partial charge in [0.15, 0.2) is 0 Å². The average molecular weight is 212 g/mol. The Kier molecular flexibility index (Phi) is 4.00. The molecule has 2 fully saturated rings. The van der Waals surface area contributed by atoms with Crippen molar-refractivity contribution >= 4 is 0 Å². The lowest BCUT2D eigenvalue weighted by Gasteiger charge is -2.42. The number of rotatable bonds is 2. The molecule has 0 aromatic heterocycles. The second-order valence-electron chi connectivity index (χ2n) is 4.96. The van der Waals surface area contributed by atoms with E-state index >= 15 is 0 Å². The number of hydrogen-bond donors (Lipinski definition) is 1. The van der Waals surface area contributed by atoms with Crippen LogP contribution in [-0.2, 0) is 4.74 Å². The lowest BCUT2D eigenvalue weighted by molar-refractivity contribution is 0.0139. The van der Waals surface area contributed by atoms with E-state index in [1.807, 2.05) is 0 Å². The Morgan fingerprint density at radius 3 is 2.67 bits per heavy atom. The van der Waals surface area contributed by atoms with Gasteiger partial charge in [-0.15, -0.1) is 0 Å². The second-order valence-corrected chi connectivity index (χ2v) is 4.96. The first-order valence-corrected chi connectivity index (χ1v) is 6.38. The summed E-state index contributed by atoms with van der Waals surface area (Å²) in [6.45, 7) is 6.57. The van der Waals surface area contributed by atoms with E-state index in [1.54, 1.807) is 0 Å². The van der Waals surface area contributed by atoms with Crippen molar-refractivity contribution in [3.8, 4) is 0 Å². The molecule has 2 aliphatic rings. The van der Waals surface area contributed by atoms with Gasteiger partial charge < -0.3 is 10.5 Å². The van der Waals surface area contributed by atoms with Gasteiger partial charge in [0.25, 0.3) is 0 Å². The number of nitrogens with two attached hydrogens (primary N) is 1. The maximum atomic E-state index is 6.13. The molecule has 2 heterocycles. The third kappa shape index (κ3) is 2.71. The summed E-state index contributed by atoms with van der Waals surface area (Å²) < 4.78 is 5.41. The average Bonchev–Trinajstić information content (AvgIpc) is 2.31. The van der Waals surface area contributed by atoms with Gasteiger partial charge >= 0.3 is 0 Å². The van der Waals surface area contributed by atoms with Crippen LogP contribution < -0.4 is 5.73 Å². The maximum Gasteiger partial charge on any atom is 0.0480 e. The van der Waals surface area contributed by atoms with Crippen LogP contribution in [0.2, 0.25) is 0 Å². The van der Waals surface area contributed by atoms with Crippen molar-refractivity contribution in [1.29, 1.82) is 0 Å². The van der Waals surface area contributed by atoms with Crippen LogP contribution in [-0.4, -0.2) is 43.3 Å². The third-order valence-corrected chi connectivity index (χ3v) is 4.06. The number of hydrogen-bond acceptors (Lipinski definition) is 3. The highest BCUT2D eigenvalue weighted by molar-refractivity contribution is 4.86. The molecule has 0 bridgehead atoms. The number of ether oxygens (including phenoxy) is 1. The summed E-state index contributed by atoms with van der Waals surface area (Å²) in [4.78, 5) is 2.65. The molecule has 2 rings (SSSR count). The zero-order chi connectivity index (χ0) is 10.7. The van der Waals surface area contributed by atoms with Crippen molar-refractivity contribution in [2.75, 3.05) is 26.3 Å². The van der Waals surface area contributed by atoms with Crippen LogP contribution in [0, 0.1) is 5.92 Å². The summed E-state index contributed by atoms with van der Waals surface area (Å²) in [5.41, 5.74) is 6.13. The molecule has 2 unspecified atom stereocenters. The van der Waals surface area contributed by atoms with Crippen molar-refractivity contribution in [1.82, 2.24) is 4.90 Å². The van der Waals surface area contributed by atoms with Crippen molar-refractivity contribution in [2.45, 2.75) is 44.7 Å². The van der Waals surface area contributed by atoms with Gasteiger partial charge in [0.2, 0.25) is 0 Å². The van der Waals surface area contributed by atoms with E-state index in [0.717, 1.165) is 19.3 Å². The smallest absolute Gasteiger partial charge is 0.0480 e. The standard InChI is InChI=1S/C12H24N2O/c1-2-10-9-14(6-3-12(10)13)11-4-7-15-8-5-11/h10-12H,2-9,13H2,1H3. The zero-order valence-corrected chi connectivity index (χ0v) is 9.82. The topological polar surface area (TPSA) is 38.5 Å². The van der Waals surface area contributed by atoms with Crippen LogP contribution in [0.3, 0.4) is 0 Å². The van der Waals surface area contributed by atoms with Crippen molar-refractivity contribution in [3.05, 3.63) is 0 Å². The first-order chi connectivity index (χ1) is 7.31. The van der Waals surface area contributed by atoms with E-state index < -0.39 is 0 Å². The van der Waals surface area contributed by atoms with Gasteiger partial charge in [-0.3, -0.25) is 4.90 Å². The Hall–Kier alpha value is -0.120. The Labute approximate surface area is 93.0 Å². The summed E-state index contributed by atoms with van der Waals surface area (Å²) in [5.74, 6) is 0.710. The minimum Gasteiger partial charge on any atom is -0.381 e. The molecule has 2 aliphatic heterocycles. The van der Waals surface area contributed by atoms with Gasteiger partial charge in [-0.1, -0.05) is 13.3 Å². The predicted octanol–water partition coefficient (Wildman–Crippen LogP) is 1.22. The molecule has 3 nitrogen and oxygen atoms in total. The molecule has 0 saturated carbocycles. The molecular formula is C12H24N2O. The molecule has 88 valence electrons. The highest BCUT2D eigenvalue weighted by atomic mass is 16.5. The minimum atomic E-state index is 0.436. The van der Waals surface area contributed by atoms with E-state index in [9.17, 15) is 0 Å². The fourth-order valence-corrected chi connectivity index (χ4v) is 2.89. The SMILES string of the molecule is CCC1CN(C2CCOCC2)CCC1N. The summed E-state index contributed by atoms with van der Waals surface area (Å²) in [5, 5.41) is 0. The summed E-state index contributed by atoms with van der Waals surface area (Å²) in [6.07, 6.45) is 4.83. The molecule has 0 aliphatic carbocycles. The van der Waals surface area contributed by atoms with E-state index in [4.69, 9.17) is 10.5 Å². The molecule has 2 saturated heterocycles. The molecule has 15 heavy (non-hydrogen) atoms. The number of piperidine rings is 1. The normalized spacial score (nSPS) is 35.6. The Bertz CT molecular complexity index is 192. The third-order valence-electron chi connectivity index (χ3n) is 4.06. The minimum absolute atomic E-state index is 0.436. The molecule has 0 aromatic rings. The Morgan fingerprint density at radius 1 is 1.27 bits per heavy atom. The summed E-state index contributed by atoms with van der Waals surface area (Å²) in [7, 11) is 0. The molecule has 2 N–H and O–H groups in total. The highest BCUT2D eigenvalue weighted by Crippen LogP contribution is 2.24. The van der Waals surface area contributed by atoms with E-state index in [1.165, 1.54) is 38.8 Å². The van der Waals surface area contributed by atoms with Crippen LogP contribution >= 0.6 is 0 Å². The van der Waals surface area contributed by atoms with E-state index in [0.29, 0.717) is 12.0 Å². The van der Waals surface area contributed by atoms with Crippen LogP contribution in [0.15, 0.2) is 0 Å². The number of likely N-dealkylation sites (tertiary alicyclic amines) is 1. The second kappa shape index (κ2) is 5.28. The molecule has 0 spiro atoms. The van der Waals surface area contributed by atoms with Crippen molar-refractivity contribution in [3.63, 3.8) is 0 Å². The fraction of sp³-hybridized carbons (Fsp3) is 1.00. The predicted molar refractivity (Wildman–Crippen MR) is 61.8 cm³/mol. The van der Waals surface area contributed by atoms with Crippen molar-refractivity contribution in [2.24, 2.45) is 11.7 Å². The molecule has 0 aromatic carbocycles.